The molecule has 120 valence electrons. The first-order chi connectivity index (χ1) is 11.3. The molecule has 1 heterocycles. The fraction of sp³-hybridized carbons (Fsp3) is 0.316. The highest BCUT2D eigenvalue weighted by Gasteiger charge is 2.28. The maximum absolute atomic E-state index is 12.6. The number of amides is 1. The van der Waals surface area contributed by atoms with Crippen molar-refractivity contribution in [1.29, 1.82) is 0 Å². The van der Waals surface area contributed by atoms with Crippen LogP contribution < -0.4 is 16.2 Å². The van der Waals surface area contributed by atoms with Gasteiger partial charge in [-0.2, -0.15) is 0 Å². The summed E-state index contributed by atoms with van der Waals surface area (Å²) in [7, 11) is 0. The van der Waals surface area contributed by atoms with Crippen LogP contribution in [0.25, 0.3) is 0 Å². The van der Waals surface area contributed by atoms with Crippen molar-refractivity contribution in [2.45, 2.75) is 37.9 Å². The lowest BCUT2D eigenvalue weighted by Gasteiger charge is -2.19. The fourth-order valence-electron chi connectivity index (χ4n) is 3.08. The highest BCUT2D eigenvalue weighted by atomic mass is 16.2. The van der Waals surface area contributed by atoms with Crippen molar-refractivity contribution < 1.29 is 4.79 Å². The normalized spacial score (nSPS) is 21.8. The molecule has 0 aromatic heterocycles. The van der Waals surface area contributed by atoms with Gasteiger partial charge < -0.3 is 5.32 Å². The molecular weight excluding hydrogens is 286 g/mol. The predicted octanol–water partition coefficient (Wildman–Crippen LogP) is 2.86. The molecule has 1 aliphatic rings. The van der Waals surface area contributed by atoms with E-state index in [1.807, 2.05) is 55.5 Å². The summed E-state index contributed by atoms with van der Waals surface area (Å²) in [5.74, 6) is -0.0273. The summed E-state index contributed by atoms with van der Waals surface area (Å²) in [6, 6.07) is 20.5. The number of hydrogen-bond donors (Lipinski definition) is 3. The molecule has 2 aromatic rings. The average Bonchev–Trinajstić information content (AvgIpc) is 3.06. The van der Waals surface area contributed by atoms with Crippen LogP contribution in [0.3, 0.4) is 0 Å². The van der Waals surface area contributed by atoms with E-state index in [4.69, 9.17) is 0 Å². The molecule has 1 fully saturated rings. The van der Waals surface area contributed by atoms with E-state index >= 15 is 0 Å². The van der Waals surface area contributed by atoms with Gasteiger partial charge in [-0.1, -0.05) is 67.6 Å². The first kappa shape index (κ1) is 15.7. The molecule has 0 bridgehead atoms. The van der Waals surface area contributed by atoms with Gasteiger partial charge in [-0.25, -0.2) is 10.9 Å². The van der Waals surface area contributed by atoms with Crippen molar-refractivity contribution in [3.63, 3.8) is 0 Å². The molecule has 0 spiro atoms. The number of carbonyl (C=O) groups excluding carboxylic acids is 1. The van der Waals surface area contributed by atoms with E-state index < -0.39 is 0 Å². The molecule has 3 atom stereocenters. The van der Waals surface area contributed by atoms with Crippen LogP contribution in [0.4, 0.5) is 0 Å². The Labute approximate surface area is 137 Å². The monoisotopic (exact) mass is 309 g/mol. The molecule has 3 unspecified atom stereocenters. The zero-order valence-electron chi connectivity index (χ0n) is 13.3. The summed E-state index contributed by atoms with van der Waals surface area (Å²) in [5, 5.41) is 3.12. The van der Waals surface area contributed by atoms with E-state index in [0.717, 1.165) is 18.4 Å². The minimum atomic E-state index is -0.103. The van der Waals surface area contributed by atoms with E-state index in [2.05, 4.69) is 28.3 Å². The fourth-order valence-corrected chi connectivity index (χ4v) is 3.08. The second-order valence-electron chi connectivity index (χ2n) is 5.92. The van der Waals surface area contributed by atoms with Gasteiger partial charge in [0.05, 0.1) is 12.1 Å². The zero-order valence-corrected chi connectivity index (χ0v) is 13.3. The van der Waals surface area contributed by atoms with Crippen LogP contribution in [0.5, 0.6) is 0 Å². The Morgan fingerprint density at radius 1 is 1.09 bits per heavy atom. The third-order valence-electron chi connectivity index (χ3n) is 4.35. The van der Waals surface area contributed by atoms with Crippen molar-refractivity contribution in [2.24, 2.45) is 0 Å². The van der Waals surface area contributed by atoms with E-state index in [1.54, 1.807) is 0 Å². The van der Waals surface area contributed by atoms with Crippen LogP contribution in [-0.4, -0.2) is 12.1 Å². The second-order valence-corrected chi connectivity index (χ2v) is 5.92. The molecule has 0 radical (unpaired) electrons. The number of nitrogens with one attached hydrogen (secondary N) is 3. The van der Waals surface area contributed by atoms with Gasteiger partial charge in [0.25, 0.3) is 0 Å². The van der Waals surface area contributed by atoms with Crippen molar-refractivity contribution in [1.82, 2.24) is 16.2 Å². The highest BCUT2D eigenvalue weighted by Crippen LogP contribution is 2.23. The molecule has 1 saturated heterocycles. The maximum atomic E-state index is 12.6. The number of rotatable bonds is 5. The molecule has 1 aliphatic heterocycles. The lowest BCUT2D eigenvalue weighted by atomic mass is 9.95. The van der Waals surface area contributed by atoms with Crippen LogP contribution in [0.2, 0.25) is 0 Å². The molecule has 2 aromatic carbocycles. The zero-order chi connectivity index (χ0) is 16.1. The summed E-state index contributed by atoms with van der Waals surface area (Å²) < 4.78 is 0. The summed E-state index contributed by atoms with van der Waals surface area (Å²) in [5.41, 5.74) is 8.74. The molecule has 4 heteroatoms. The number of hydrazine groups is 1. The average molecular weight is 309 g/mol. The van der Waals surface area contributed by atoms with Crippen LogP contribution in [0, 0.1) is 0 Å². The third kappa shape index (κ3) is 3.78. The Bertz CT molecular complexity index is 630. The maximum Gasteiger partial charge on any atom is 0.228 e. The van der Waals surface area contributed by atoms with Crippen molar-refractivity contribution in [2.75, 3.05) is 0 Å². The Morgan fingerprint density at radius 3 is 2.39 bits per heavy atom. The van der Waals surface area contributed by atoms with Gasteiger partial charge in [0.1, 0.15) is 0 Å². The van der Waals surface area contributed by atoms with Crippen LogP contribution in [0.1, 0.15) is 42.9 Å². The minimum Gasteiger partial charge on any atom is -0.339 e. The van der Waals surface area contributed by atoms with Gasteiger partial charge in [0.2, 0.25) is 5.91 Å². The molecule has 3 rings (SSSR count). The van der Waals surface area contributed by atoms with Gasteiger partial charge in [0, 0.05) is 12.5 Å². The minimum absolute atomic E-state index is 0.0505. The van der Waals surface area contributed by atoms with E-state index in [9.17, 15) is 4.79 Å². The molecule has 0 aliphatic carbocycles. The van der Waals surface area contributed by atoms with Gasteiger partial charge in [-0.05, 0) is 17.5 Å². The molecule has 3 N–H and O–H groups in total. The smallest absolute Gasteiger partial charge is 0.228 e. The van der Waals surface area contributed by atoms with Gasteiger partial charge in [0.15, 0.2) is 0 Å². The Hall–Kier alpha value is -2.17. The van der Waals surface area contributed by atoms with Crippen LogP contribution in [0.15, 0.2) is 60.7 Å². The standard InChI is InChI=1S/C19H23N3O/c1-2-16(14-9-5-3-6-10-14)19(23)20-18-13-17(21-22-18)15-11-7-4-8-12-15/h3-12,16-18,21-22H,2,13H2,1H3,(H,20,23). The quantitative estimate of drug-likeness (QED) is 0.796. The largest absolute Gasteiger partial charge is 0.339 e. The number of carbonyl (C=O) groups is 1. The van der Waals surface area contributed by atoms with Gasteiger partial charge in [-0.3, -0.25) is 4.79 Å². The summed E-state index contributed by atoms with van der Waals surface area (Å²) in [4.78, 5) is 12.6. The van der Waals surface area contributed by atoms with Crippen LogP contribution in [-0.2, 0) is 4.79 Å². The van der Waals surface area contributed by atoms with E-state index in [0.29, 0.717) is 0 Å². The van der Waals surface area contributed by atoms with Gasteiger partial charge >= 0.3 is 0 Å². The second kappa shape index (κ2) is 7.40. The van der Waals surface area contributed by atoms with Crippen molar-refractivity contribution in [3.8, 4) is 0 Å². The first-order valence-corrected chi connectivity index (χ1v) is 8.19. The predicted molar refractivity (Wildman–Crippen MR) is 91.5 cm³/mol. The summed E-state index contributed by atoms with van der Waals surface area (Å²) in [6.07, 6.45) is 1.57. The van der Waals surface area contributed by atoms with Crippen molar-refractivity contribution >= 4 is 5.91 Å². The molecule has 1 amide bonds. The topological polar surface area (TPSA) is 53.2 Å². The van der Waals surface area contributed by atoms with E-state index in [1.165, 1.54) is 5.56 Å². The first-order valence-electron chi connectivity index (χ1n) is 8.19. The molecular formula is C19H23N3O. The summed E-state index contributed by atoms with van der Waals surface area (Å²) >= 11 is 0. The number of hydrogen-bond acceptors (Lipinski definition) is 3. The van der Waals surface area contributed by atoms with E-state index in [-0.39, 0.29) is 24.0 Å². The summed E-state index contributed by atoms with van der Waals surface area (Å²) in [6.45, 7) is 2.05. The SMILES string of the molecule is CCC(C(=O)NC1CC(c2ccccc2)NN1)c1ccccc1. The third-order valence-corrected chi connectivity index (χ3v) is 4.35. The molecule has 23 heavy (non-hydrogen) atoms. The Kier molecular flexibility index (Phi) is 5.05. The Balaban J connectivity index is 1.60. The highest BCUT2D eigenvalue weighted by molar-refractivity contribution is 5.83. The van der Waals surface area contributed by atoms with Gasteiger partial charge in [-0.15, -0.1) is 0 Å². The lowest BCUT2D eigenvalue weighted by molar-refractivity contribution is -0.123. The molecule has 4 nitrogen and oxygen atoms in total. The number of benzene rings is 2. The van der Waals surface area contributed by atoms with Crippen LogP contribution >= 0.6 is 0 Å². The Morgan fingerprint density at radius 2 is 1.74 bits per heavy atom. The van der Waals surface area contributed by atoms with Crippen molar-refractivity contribution in [3.05, 3.63) is 71.8 Å². The lowest BCUT2D eigenvalue weighted by Crippen LogP contribution is -2.45. The molecule has 0 saturated carbocycles.